The van der Waals surface area contributed by atoms with E-state index in [1.807, 2.05) is 11.0 Å². The quantitative estimate of drug-likeness (QED) is 0.863. The minimum Gasteiger partial charge on any atom is -0.443 e. The summed E-state index contributed by atoms with van der Waals surface area (Å²) < 4.78 is 5.40. The number of piperidine rings is 1. The second-order valence-corrected chi connectivity index (χ2v) is 5.10. The van der Waals surface area contributed by atoms with Crippen LogP contribution in [0.5, 0.6) is 0 Å². The predicted octanol–water partition coefficient (Wildman–Crippen LogP) is 1.68. The summed E-state index contributed by atoms with van der Waals surface area (Å²) in [4.78, 5) is 13.8. The fourth-order valence-electron chi connectivity index (χ4n) is 2.81. The summed E-state index contributed by atoms with van der Waals surface area (Å²) in [5, 5.41) is 3.27. The SMILES string of the molecule is Cc1cccc(CN2C(=O)OC3CNCCC32)c1. The van der Waals surface area contributed by atoms with Crippen LogP contribution in [0.1, 0.15) is 17.5 Å². The van der Waals surface area contributed by atoms with Crippen LogP contribution in [0.25, 0.3) is 0 Å². The first-order chi connectivity index (χ1) is 8.74. The molecule has 0 spiro atoms. The van der Waals surface area contributed by atoms with Crippen molar-refractivity contribution in [1.82, 2.24) is 10.2 Å². The minimum absolute atomic E-state index is 0.0241. The lowest BCUT2D eigenvalue weighted by Crippen LogP contribution is -2.47. The average molecular weight is 246 g/mol. The Labute approximate surface area is 107 Å². The topological polar surface area (TPSA) is 41.6 Å². The number of nitrogens with zero attached hydrogens (tertiary/aromatic N) is 1. The van der Waals surface area contributed by atoms with Gasteiger partial charge < -0.3 is 10.1 Å². The number of carbonyl (C=O) groups is 1. The number of nitrogens with one attached hydrogen (secondary N) is 1. The molecule has 2 atom stereocenters. The number of carbonyl (C=O) groups excluding carboxylic acids is 1. The first-order valence-corrected chi connectivity index (χ1v) is 6.47. The monoisotopic (exact) mass is 246 g/mol. The number of ether oxygens (including phenoxy) is 1. The molecule has 4 heteroatoms. The van der Waals surface area contributed by atoms with E-state index in [0.29, 0.717) is 6.54 Å². The molecule has 0 aliphatic carbocycles. The summed E-state index contributed by atoms with van der Waals surface area (Å²) in [7, 11) is 0. The highest BCUT2D eigenvalue weighted by molar-refractivity contribution is 5.71. The number of hydrogen-bond acceptors (Lipinski definition) is 3. The van der Waals surface area contributed by atoms with Crippen LogP contribution in [-0.4, -0.2) is 36.2 Å². The van der Waals surface area contributed by atoms with E-state index in [1.54, 1.807) is 0 Å². The van der Waals surface area contributed by atoms with Gasteiger partial charge in [-0.25, -0.2) is 4.79 Å². The summed E-state index contributed by atoms with van der Waals surface area (Å²) in [6.45, 7) is 4.46. The molecule has 2 fully saturated rings. The molecule has 4 nitrogen and oxygen atoms in total. The van der Waals surface area contributed by atoms with Gasteiger partial charge in [0, 0.05) is 13.1 Å². The van der Waals surface area contributed by atoms with Crippen LogP contribution in [0.15, 0.2) is 24.3 Å². The van der Waals surface area contributed by atoms with E-state index >= 15 is 0 Å². The van der Waals surface area contributed by atoms with Crippen LogP contribution in [0.3, 0.4) is 0 Å². The van der Waals surface area contributed by atoms with Gasteiger partial charge in [-0.2, -0.15) is 0 Å². The maximum atomic E-state index is 11.9. The molecule has 1 aromatic carbocycles. The predicted molar refractivity (Wildman–Crippen MR) is 68.3 cm³/mol. The van der Waals surface area contributed by atoms with Gasteiger partial charge in [0.05, 0.1) is 6.04 Å². The molecule has 3 rings (SSSR count). The van der Waals surface area contributed by atoms with Crippen molar-refractivity contribution >= 4 is 6.09 Å². The van der Waals surface area contributed by atoms with Crippen LogP contribution < -0.4 is 5.32 Å². The maximum Gasteiger partial charge on any atom is 0.410 e. The zero-order chi connectivity index (χ0) is 12.5. The van der Waals surface area contributed by atoms with E-state index in [0.717, 1.165) is 19.5 Å². The van der Waals surface area contributed by atoms with Gasteiger partial charge >= 0.3 is 6.09 Å². The molecule has 2 saturated heterocycles. The smallest absolute Gasteiger partial charge is 0.410 e. The highest BCUT2D eigenvalue weighted by Crippen LogP contribution is 2.26. The number of rotatable bonds is 2. The number of fused-ring (bicyclic) bond motifs is 1. The first kappa shape index (κ1) is 11.5. The average Bonchev–Trinajstić information content (AvgIpc) is 2.66. The summed E-state index contributed by atoms with van der Waals surface area (Å²) in [6, 6.07) is 8.53. The highest BCUT2D eigenvalue weighted by atomic mass is 16.6. The number of benzene rings is 1. The molecule has 2 aliphatic rings. The van der Waals surface area contributed by atoms with Crippen molar-refractivity contribution in [2.45, 2.75) is 32.0 Å². The van der Waals surface area contributed by atoms with Gasteiger partial charge in [-0.15, -0.1) is 0 Å². The van der Waals surface area contributed by atoms with Crippen molar-refractivity contribution in [2.75, 3.05) is 13.1 Å². The van der Waals surface area contributed by atoms with Gasteiger partial charge in [-0.1, -0.05) is 29.8 Å². The zero-order valence-corrected chi connectivity index (χ0v) is 10.6. The summed E-state index contributed by atoms with van der Waals surface area (Å²) in [5.41, 5.74) is 2.40. The molecule has 0 bridgehead atoms. The second kappa shape index (κ2) is 4.61. The van der Waals surface area contributed by atoms with Gasteiger partial charge in [0.2, 0.25) is 0 Å². The van der Waals surface area contributed by atoms with E-state index in [-0.39, 0.29) is 18.2 Å². The van der Waals surface area contributed by atoms with Gasteiger partial charge in [-0.3, -0.25) is 4.90 Å². The Balaban J connectivity index is 1.77. The van der Waals surface area contributed by atoms with Gasteiger partial charge in [-0.05, 0) is 25.5 Å². The molecule has 1 aromatic rings. The Morgan fingerprint density at radius 3 is 3.22 bits per heavy atom. The van der Waals surface area contributed by atoms with E-state index in [9.17, 15) is 4.79 Å². The molecule has 2 aliphatic heterocycles. The third-order valence-electron chi connectivity index (χ3n) is 3.71. The van der Waals surface area contributed by atoms with E-state index in [1.165, 1.54) is 11.1 Å². The van der Waals surface area contributed by atoms with Gasteiger partial charge in [0.25, 0.3) is 0 Å². The number of hydrogen-bond donors (Lipinski definition) is 1. The molecule has 0 saturated carbocycles. The van der Waals surface area contributed by atoms with Crippen LogP contribution in [0.4, 0.5) is 4.79 Å². The summed E-state index contributed by atoms with van der Waals surface area (Å²) >= 11 is 0. The van der Waals surface area contributed by atoms with Crippen molar-refractivity contribution in [3.05, 3.63) is 35.4 Å². The molecular weight excluding hydrogens is 228 g/mol. The third kappa shape index (κ3) is 2.08. The molecular formula is C14H18N2O2. The Morgan fingerprint density at radius 1 is 1.50 bits per heavy atom. The number of amides is 1. The van der Waals surface area contributed by atoms with Gasteiger partial charge in [0.15, 0.2) is 0 Å². The van der Waals surface area contributed by atoms with Crippen molar-refractivity contribution in [3.63, 3.8) is 0 Å². The Hall–Kier alpha value is -1.55. The number of aryl methyl sites for hydroxylation is 1. The maximum absolute atomic E-state index is 11.9. The molecule has 1 N–H and O–H groups in total. The summed E-state index contributed by atoms with van der Waals surface area (Å²) in [5.74, 6) is 0. The fourth-order valence-corrected chi connectivity index (χ4v) is 2.81. The Bertz CT molecular complexity index is 461. The lowest BCUT2D eigenvalue weighted by Gasteiger charge is -2.28. The van der Waals surface area contributed by atoms with Crippen molar-refractivity contribution in [2.24, 2.45) is 0 Å². The molecule has 96 valence electrons. The van der Waals surface area contributed by atoms with Crippen molar-refractivity contribution in [3.8, 4) is 0 Å². The van der Waals surface area contributed by atoms with Gasteiger partial charge in [0.1, 0.15) is 6.10 Å². The minimum atomic E-state index is -0.171. The molecule has 0 aromatic heterocycles. The lowest BCUT2D eigenvalue weighted by atomic mass is 10.0. The van der Waals surface area contributed by atoms with Crippen LogP contribution >= 0.6 is 0 Å². The fraction of sp³-hybridized carbons (Fsp3) is 0.500. The van der Waals surface area contributed by atoms with Crippen molar-refractivity contribution < 1.29 is 9.53 Å². The van der Waals surface area contributed by atoms with Crippen LogP contribution in [0.2, 0.25) is 0 Å². The Kier molecular flexibility index (Phi) is 2.96. The zero-order valence-electron chi connectivity index (χ0n) is 10.6. The summed E-state index contributed by atoms with van der Waals surface area (Å²) in [6.07, 6.45) is 0.827. The molecule has 1 amide bonds. The second-order valence-electron chi connectivity index (χ2n) is 5.10. The van der Waals surface area contributed by atoms with Crippen molar-refractivity contribution in [1.29, 1.82) is 0 Å². The lowest BCUT2D eigenvalue weighted by molar-refractivity contribution is 0.121. The normalized spacial score (nSPS) is 26.9. The molecule has 18 heavy (non-hydrogen) atoms. The van der Waals surface area contributed by atoms with E-state index < -0.39 is 0 Å². The standard InChI is InChI=1S/C14H18N2O2/c1-10-3-2-4-11(7-10)9-16-12-5-6-15-8-13(12)18-14(16)17/h2-4,7,12-13,15H,5-6,8-9H2,1H3. The molecule has 0 radical (unpaired) electrons. The van der Waals surface area contributed by atoms with E-state index in [2.05, 4.69) is 30.4 Å². The van der Waals surface area contributed by atoms with Crippen LogP contribution in [0, 0.1) is 6.92 Å². The third-order valence-corrected chi connectivity index (χ3v) is 3.71. The first-order valence-electron chi connectivity index (χ1n) is 6.47. The largest absolute Gasteiger partial charge is 0.443 e. The van der Waals surface area contributed by atoms with E-state index in [4.69, 9.17) is 4.74 Å². The van der Waals surface area contributed by atoms with Crippen LogP contribution in [-0.2, 0) is 11.3 Å². The molecule has 2 heterocycles. The highest BCUT2D eigenvalue weighted by Gasteiger charge is 2.42. The Morgan fingerprint density at radius 2 is 2.39 bits per heavy atom. The molecule has 2 unspecified atom stereocenters.